The summed E-state index contributed by atoms with van der Waals surface area (Å²) in [6.07, 6.45) is 2.77. The zero-order chi connectivity index (χ0) is 16.0. The third-order valence-electron chi connectivity index (χ3n) is 3.55. The summed E-state index contributed by atoms with van der Waals surface area (Å²) in [7, 11) is 1.62. The van der Waals surface area contributed by atoms with E-state index in [0.29, 0.717) is 6.54 Å². The third kappa shape index (κ3) is 5.91. The summed E-state index contributed by atoms with van der Waals surface area (Å²) in [5.74, 6) is -0.0466. The third-order valence-corrected chi connectivity index (χ3v) is 3.55. The summed E-state index contributed by atoms with van der Waals surface area (Å²) >= 11 is 0. The number of likely N-dealkylation sites (N-methyl/N-ethyl adjacent to an activating group) is 1. The van der Waals surface area contributed by atoms with Crippen molar-refractivity contribution in [1.82, 2.24) is 15.5 Å². The molecular formula is C15H29N3O3. The first-order valence-corrected chi connectivity index (χ1v) is 7.69. The zero-order valence-corrected chi connectivity index (χ0v) is 13.9. The average Bonchev–Trinajstić information content (AvgIpc) is 2.42. The number of nitrogens with zero attached hydrogens (tertiary/aromatic N) is 1. The van der Waals surface area contributed by atoms with Gasteiger partial charge in [0.1, 0.15) is 5.60 Å². The number of amides is 2. The number of carbonyl (C=O) groups excluding carboxylic acids is 2. The first-order valence-electron chi connectivity index (χ1n) is 7.69. The molecule has 0 aromatic rings. The summed E-state index contributed by atoms with van der Waals surface area (Å²) in [6, 6.07) is -0.182. The molecule has 122 valence electrons. The number of piperidine rings is 1. The van der Waals surface area contributed by atoms with Crippen LogP contribution in [0.2, 0.25) is 0 Å². The number of hydrogen-bond donors (Lipinski definition) is 2. The molecule has 1 saturated heterocycles. The molecule has 0 radical (unpaired) electrons. The van der Waals surface area contributed by atoms with Crippen molar-refractivity contribution in [3.63, 3.8) is 0 Å². The fraction of sp³-hybridized carbons (Fsp3) is 0.867. The van der Waals surface area contributed by atoms with Gasteiger partial charge in [0.15, 0.2) is 0 Å². The maximum absolute atomic E-state index is 12.3. The van der Waals surface area contributed by atoms with Crippen LogP contribution in [0.4, 0.5) is 4.79 Å². The monoisotopic (exact) mass is 299 g/mol. The Morgan fingerprint density at radius 1 is 1.33 bits per heavy atom. The number of carbonyl (C=O) groups is 2. The lowest BCUT2D eigenvalue weighted by Crippen LogP contribution is -2.52. The minimum atomic E-state index is -0.484. The molecule has 0 saturated carbocycles. The number of nitrogens with one attached hydrogen (secondary N) is 2. The van der Waals surface area contributed by atoms with Gasteiger partial charge in [-0.1, -0.05) is 0 Å². The molecule has 6 nitrogen and oxygen atoms in total. The summed E-state index contributed by atoms with van der Waals surface area (Å²) in [6.45, 7) is 8.75. The van der Waals surface area contributed by atoms with E-state index in [2.05, 4.69) is 10.6 Å². The standard InChI is InChI=1S/C15H29N3O3/c1-11(13(19)16-5)17-10-12-8-6-7-9-18(12)14(20)21-15(2,3)4/h11-12,17H,6-10H2,1-5H3,(H,16,19). The highest BCUT2D eigenvalue weighted by Crippen LogP contribution is 2.20. The van der Waals surface area contributed by atoms with Crippen LogP contribution >= 0.6 is 0 Å². The Morgan fingerprint density at radius 3 is 2.57 bits per heavy atom. The molecule has 21 heavy (non-hydrogen) atoms. The number of hydrogen-bond acceptors (Lipinski definition) is 4. The summed E-state index contributed by atoms with van der Waals surface area (Å²) in [5, 5.41) is 5.80. The second kappa shape index (κ2) is 7.64. The molecule has 2 N–H and O–H groups in total. The van der Waals surface area contributed by atoms with Crippen LogP contribution in [0.5, 0.6) is 0 Å². The Bertz CT molecular complexity index is 366. The molecule has 0 aromatic carbocycles. The minimum absolute atomic E-state index is 0.0466. The van der Waals surface area contributed by atoms with Gasteiger partial charge in [-0.05, 0) is 47.0 Å². The Labute approximate surface area is 127 Å². The van der Waals surface area contributed by atoms with Crippen LogP contribution in [0.15, 0.2) is 0 Å². The van der Waals surface area contributed by atoms with E-state index in [-0.39, 0.29) is 24.1 Å². The Balaban J connectivity index is 2.57. The SMILES string of the molecule is CNC(=O)C(C)NCC1CCCCN1C(=O)OC(C)(C)C. The summed E-state index contributed by atoms with van der Waals surface area (Å²) in [4.78, 5) is 25.6. The fourth-order valence-corrected chi connectivity index (χ4v) is 2.40. The topological polar surface area (TPSA) is 70.7 Å². The van der Waals surface area contributed by atoms with E-state index in [1.807, 2.05) is 27.7 Å². The van der Waals surface area contributed by atoms with E-state index in [0.717, 1.165) is 25.8 Å². The van der Waals surface area contributed by atoms with E-state index < -0.39 is 5.60 Å². The predicted molar refractivity (Wildman–Crippen MR) is 82.1 cm³/mol. The molecule has 1 fully saturated rings. The maximum Gasteiger partial charge on any atom is 0.410 e. The average molecular weight is 299 g/mol. The van der Waals surface area contributed by atoms with Crippen LogP contribution in [0.25, 0.3) is 0 Å². The molecule has 2 amide bonds. The fourth-order valence-electron chi connectivity index (χ4n) is 2.40. The Hall–Kier alpha value is -1.30. The van der Waals surface area contributed by atoms with Crippen molar-refractivity contribution >= 4 is 12.0 Å². The van der Waals surface area contributed by atoms with Gasteiger partial charge in [-0.3, -0.25) is 4.79 Å². The van der Waals surface area contributed by atoms with Gasteiger partial charge in [-0.15, -0.1) is 0 Å². The highest BCUT2D eigenvalue weighted by atomic mass is 16.6. The van der Waals surface area contributed by atoms with E-state index in [4.69, 9.17) is 4.74 Å². The summed E-state index contributed by atoms with van der Waals surface area (Å²) in [5.41, 5.74) is -0.484. The molecule has 2 unspecified atom stereocenters. The molecule has 0 spiro atoms. The van der Waals surface area contributed by atoms with Gasteiger partial charge in [0, 0.05) is 26.2 Å². The normalized spacial score (nSPS) is 20.8. The van der Waals surface area contributed by atoms with Crippen molar-refractivity contribution in [1.29, 1.82) is 0 Å². The molecule has 1 aliphatic rings. The van der Waals surface area contributed by atoms with Crippen LogP contribution in [-0.2, 0) is 9.53 Å². The predicted octanol–water partition coefficient (Wildman–Crippen LogP) is 1.50. The molecule has 1 aliphatic heterocycles. The van der Waals surface area contributed by atoms with Crippen molar-refractivity contribution < 1.29 is 14.3 Å². The van der Waals surface area contributed by atoms with E-state index >= 15 is 0 Å². The second-order valence-corrected chi connectivity index (χ2v) is 6.57. The van der Waals surface area contributed by atoms with Gasteiger partial charge in [0.05, 0.1) is 6.04 Å². The van der Waals surface area contributed by atoms with Crippen LogP contribution in [0.1, 0.15) is 47.0 Å². The van der Waals surface area contributed by atoms with Crippen molar-refractivity contribution in [2.45, 2.75) is 64.6 Å². The Kier molecular flexibility index (Phi) is 6.45. The van der Waals surface area contributed by atoms with Crippen molar-refractivity contribution in [3.8, 4) is 0 Å². The van der Waals surface area contributed by atoms with Crippen LogP contribution in [0, 0.1) is 0 Å². The number of likely N-dealkylation sites (tertiary alicyclic amines) is 1. The number of rotatable bonds is 4. The second-order valence-electron chi connectivity index (χ2n) is 6.57. The van der Waals surface area contributed by atoms with Gasteiger partial charge >= 0.3 is 6.09 Å². The lowest BCUT2D eigenvalue weighted by molar-refractivity contribution is -0.122. The molecule has 1 rings (SSSR count). The van der Waals surface area contributed by atoms with Gasteiger partial charge in [-0.2, -0.15) is 0 Å². The maximum atomic E-state index is 12.3. The van der Waals surface area contributed by atoms with Crippen molar-refractivity contribution in [2.75, 3.05) is 20.1 Å². The van der Waals surface area contributed by atoms with Gasteiger partial charge in [-0.25, -0.2) is 4.79 Å². The first-order chi connectivity index (χ1) is 9.74. The highest BCUT2D eigenvalue weighted by molar-refractivity contribution is 5.80. The number of ether oxygens (including phenoxy) is 1. The molecule has 1 heterocycles. The van der Waals surface area contributed by atoms with Gasteiger partial charge < -0.3 is 20.3 Å². The van der Waals surface area contributed by atoms with E-state index in [1.165, 1.54) is 0 Å². The minimum Gasteiger partial charge on any atom is -0.444 e. The smallest absolute Gasteiger partial charge is 0.410 e. The molecular weight excluding hydrogens is 270 g/mol. The molecule has 6 heteroatoms. The molecule has 0 aromatic heterocycles. The van der Waals surface area contributed by atoms with Crippen LogP contribution in [0.3, 0.4) is 0 Å². The molecule has 0 aliphatic carbocycles. The van der Waals surface area contributed by atoms with E-state index in [1.54, 1.807) is 11.9 Å². The largest absolute Gasteiger partial charge is 0.444 e. The van der Waals surface area contributed by atoms with Gasteiger partial charge in [0.2, 0.25) is 5.91 Å². The highest BCUT2D eigenvalue weighted by Gasteiger charge is 2.30. The van der Waals surface area contributed by atoms with Crippen molar-refractivity contribution in [3.05, 3.63) is 0 Å². The van der Waals surface area contributed by atoms with E-state index in [9.17, 15) is 9.59 Å². The zero-order valence-electron chi connectivity index (χ0n) is 13.9. The summed E-state index contributed by atoms with van der Waals surface area (Å²) < 4.78 is 5.46. The quantitative estimate of drug-likeness (QED) is 0.825. The lowest BCUT2D eigenvalue weighted by Gasteiger charge is -2.37. The molecule has 2 atom stereocenters. The van der Waals surface area contributed by atoms with Crippen molar-refractivity contribution in [2.24, 2.45) is 0 Å². The van der Waals surface area contributed by atoms with Crippen LogP contribution in [-0.4, -0.2) is 54.7 Å². The van der Waals surface area contributed by atoms with Gasteiger partial charge in [0.25, 0.3) is 0 Å². The molecule has 0 bridgehead atoms. The first kappa shape index (κ1) is 17.8. The van der Waals surface area contributed by atoms with Crippen LogP contribution < -0.4 is 10.6 Å². The Morgan fingerprint density at radius 2 is 2.00 bits per heavy atom. The lowest BCUT2D eigenvalue weighted by atomic mass is 10.0.